The molecule has 104 valence electrons. The minimum absolute atomic E-state index is 0.0399. The molecule has 2 amide bonds. The second-order valence-corrected chi connectivity index (χ2v) is 6.09. The Bertz CT molecular complexity index is 467. The van der Waals surface area contributed by atoms with E-state index in [9.17, 15) is 9.59 Å². The summed E-state index contributed by atoms with van der Waals surface area (Å²) in [5.41, 5.74) is 0.960. The van der Waals surface area contributed by atoms with Gasteiger partial charge in [-0.1, -0.05) is 0 Å². The summed E-state index contributed by atoms with van der Waals surface area (Å²) in [6.45, 7) is 5.18. The van der Waals surface area contributed by atoms with Gasteiger partial charge in [-0.05, 0) is 52.9 Å². The Morgan fingerprint density at radius 1 is 1.42 bits per heavy atom. The first-order valence-electron chi connectivity index (χ1n) is 6.04. The fraction of sp³-hybridized carbons (Fsp3) is 0.385. The highest BCUT2D eigenvalue weighted by molar-refractivity contribution is 9.11. The predicted molar refractivity (Wildman–Crippen MR) is 82.0 cm³/mol. The molecular weight excluding hydrogens is 328 g/mol. The molecule has 0 spiro atoms. The first-order valence-corrected chi connectivity index (χ1v) is 7.71. The van der Waals surface area contributed by atoms with E-state index in [4.69, 9.17) is 0 Å². The van der Waals surface area contributed by atoms with Crippen LogP contribution >= 0.6 is 27.3 Å². The first kappa shape index (κ1) is 15.9. The Hall–Kier alpha value is -1.14. The van der Waals surface area contributed by atoms with Crippen LogP contribution in [0.4, 0.5) is 0 Å². The number of rotatable bonds is 6. The Morgan fingerprint density at radius 2 is 2.11 bits per heavy atom. The van der Waals surface area contributed by atoms with Crippen LogP contribution in [-0.2, 0) is 9.59 Å². The van der Waals surface area contributed by atoms with E-state index < -0.39 is 0 Å². The Kier molecular flexibility index (Phi) is 6.80. The van der Waals surface area contributed by atoms with Crippen molar-refractivity contribution in [1.82, 2.24) is 10.2 Å². The number of halogens is 1. The lowest BCUT2D eigenvalue weighted by Gasteiger charge is -2.18. The molecule has 19 heavy (non-hydrogen) atoms. The molecule has 0 bridgehead atoms. The molecule has 0 fully saturated rings. The summed E-state index contributed by atoms with van der Waals surface area (Å²) < 4.78 is 1.02. The molecule has 6 heteroatoms. The van der Waals surface area contributed by atoms with Crippen LogP contribution in [0, 0.1) is 0 Å². The van der Waals surface area contributed by atoms with E-state index in [1.54, 1.807) is 22.3 Å². The molecular formula is C13H17BrN2O2S. The van der Waals surface area contributed by atoms with Gasteiger partial charge < -0.3 is 10.2 Å². The molecule has 4 nitrogen and oxygen atoms in total. The summed E-state index contributed by atoms with van der Waals surface area (Å²) in [4.78, 5) is 24.9. The quantitative estimate of drug-likeness (QED) is 0.806. The highest BCUT2D eigenvalue weighted by Crippen LogP contribution is 2.21. The number of carbonyl (C=O) groups is 2. The molecule has 0 aliphatic rings. The zero-order chi connectivity index (χ0) is 14.3. The first-order chi connectivity index (χ1) is 9.06. The highest BCUT2D eigenvalue weighted by atomic mass is 79.9. The Labute approximate surface area is 125 Å². The highest BCUT2D eigenvalue weighted by Gasteiger charge is 2.09. The maximum absolute atomic E-state index is 11.7. The van der Waals surface area contributed by atoms with Gasteiger partial charge in [0, 0.05) is 19.2 Å². The number of hydrogen-bond acceptors (Lipinski definition) is 3. The lowest BCUT2D eigenvalue weighted by Crippen LogP contribution is -2.39. The summed E-state index contributed by atoms with van der Waals surface area (Å²) in [5.74, 6) is -0.326. The van der Waals surface area contributed by atoms with Gasteiger partial charge in [-0.3, -0.25) is 9.59 Å². The van der Waals surface area contributed by atoms with Crippen molar-refractivity contribution < 1.29 is 9.59 Å². The number of nitrogens with zero attached hydrogens (tertiary/aromatic N) is 1. The molecule has 0 saturated heterocycles. The number of likely N-dealkylation sites (N-methyl/N-ethyl adjacent to an activating group) is 1. The summed E-state index contributed by atoms with van der Waals surface area (Å²) in [6, 6.07) is 1.93. The number of amides is 2. The molecule has 1 aromatic rings. The summed E-state index contributed by atoms with van der Waals surface area (Å²) >= 11 is 4.91. The van der Waals surface area contributed by atoms with Gasteiger partial charge in [0.15, 0.2) is 0 Å². The molecule has 0 radical (unpaired) electrons. The fourth-order valence-corrected chi connectivity index (χ4v) is 2.64. The van der Waals surface area contributed by atoms with Crippen molar-refractivity contribution in [3.8, 4) is 0 Å². The Balaban J connectivity index is 2.39. The normalized spacial score (nSPS) is 10.7. The number of hydrogen-bond donors (Lipinski definition) is 1. The second kappa shape index (κ2) is 8.12. The lowest BCUT2D eigenvalue weighted by atomic mass is 10.3. The van der Waals surface area contributed by atoms with Crippen LogP contribution in [0.15, 0.2) is 21.3 Å². The predicted octanol–water partition coefficient (Wildman–Crippen LogP) is 2.51. The third kappa shape index (κ3) is 5.57. The standard InChI is InChI=1S/C13H17BrN2O2S/c1-3-16(4-2)13(18)8-15-12(17)6-5-10-7-11(14)19-9-10/h5-7,9H,3-4,8H2,1-2H3,(H,15,17)/b6-5+. The molecule has 1 aromatic heterocycles. The third-order valence-electron chi connectivity index (χ3n) is 2.54. The number of nitrogens with one attached hydrogen (secondary N) is 1. The zero-order valence-electron chi connectivity index (χ0n) is 11.0. The van der Waals surface area contributed by atoms with Crippen molar-refractivity contribution in [2.75, 3.05) is 19.6 Å². The molecule has 0 unspecified atom stereocenters. The SMILES string of the molecule is CCN(CC)C(=O)CNC(=O)/C=C/c1csc(Br)c1. The van der Waals surface area contributed by atoms with Gasteiger partial charge >= 0.3 is 0 Å². The van der Waals surface area contributed by atoms with Crippen LogP contribution < -0.4 is 5.32 Å². The van der Waals surface area contributed by atoms with Crippen molar-refractivity contribution in [1.29, 1.82) is 0 Å². The van der Waals surface area contributed by atoms with E-state index in [0.29, 0.717) is 13.1 Å². The molecule has 1 heterocycles. The van der Waals surface area contributed by atoms with Crippen molar-refractivity contribution in [3.63, 3.8) is 0 Å². The maximum Gasteiger partial charge on any atom is 0.244 e. The van der Waals surface area contributed by atoms with Gasteiger partial charge in [0.05, 0.1) is 10.3 Å². The van der Waals surface area contributed by atoms with Crippen LogP contribution in [0.1, 0.15) is 19.4 Å². The van der Waals surface area contributed by atoms with Gasteiger partial charge in [0.25, 0.3) is 0 Å². The lowest BCUT2D eigenvalue weighted by molar-refractivity contribution is -0.131. The zero-order valence-corrected chi connectivity index (χ0v) is 13.4. The van der Waals surface area contributed by atoms with Crippen molar-refractivity contribution >= 4 is 45.2 Å². The van der Waals surface area contributed by atoms with E-state index >= 15 is 0 Å². The molecule has 0 atom stereocenters. The van der Waals surface area contributed by atoms with Crippen LogP contribution in [0.2, 0.25) is 0 Å². The van der Waals surface area contributed by atoms with Gasteiger partial charge in [-0.15, -0.1) is 11.3 Å². The minimum atomic E-state index is -0.261. The smallest absolute Gasteiger partial charge is 0.244 e. The van der Waals surface area contributed by atoms with Crippen LogP contribution in [0.25, 0.3) is 6.08 Å². The van der Waals surface area contributed by atoms with Crippen molar-refractivity contribution in [2.45, 2.75) is 13.8 Å². The third-order valence-corrected chi connectivity index (χ3v) is 4.07. The van der Waals surface area contributed by atoms with E-state index in [2.05, 4.69) is 21.2 Å². The largest absolute Gasteiger partial charge is 0.343 e. The summed E-state index contributed by atoms with van der Waals surface area (Å²) in [5, 5.41) is 4.52. The van der Waals surface area contributed by atoms with E-state index in [0.717, 1.165) is 9.35 Å². The molecule has 0 saturated carbocycles. The number of thiophene rings is 1. The van der Waals surface area contributed by atoms with Gasteiger partial charge in [-0.25, -0.2) is 0 Å². The van der Waals surface area contributed by atoms with Crippen molar-refractivity contribution in [2.24, 2.45) is 0 Å². The van der Waals surface area contributed by atoms with E-state index in [1.165, 1.54) is 6.08 Å². The second-order valence-electron chi connectivity index (χ2n) is 3.80. The van der Waals surface area contributed by atoms with Crippen LogP contribution in [0.3, 0.4) is 0 Å². The minimum Gasteiger partial charge on any atom is -0.343 e. The molecule has 0 aliphatic heterocycles. The molecule has 1 rings (SSSR count). The van der Waals surface area contributed by atoms with E-state index in [-0.39, 0.29) is 18.4 Å². The topological polar surface area (TPSA) is 49.4 Å². The number of carbonyl (C=O) groups excluding carboxylic acids is 2. The van der Waals surface area contributed by atoms with Gasteiger partial charge in [-0.2, -0.15) is 0 Å². The summed E-state index contributed by atoms with van der Waals surface area (Å²) in [7, 11) is 0. The van der Waals surface area contributed by atoms with Gasteiger partial charge in [0.2, 0.25) is 11.8 Å². The average Bonchev–Trinajstić information content (AvgIpc) is 2.81. The fourth-order valence-electron chi connectivity index (χ4n) is 1.49. The summed E-state index contributed by atoms with van der Waals surface area (Å²) in [6.07, 6.45) is 3.16. The van der Waals surface area contributed by atoms with Crippen LogP contribution in [0.5, 0.6) is 0 Å². The Morgan fingerprint density at radius 3 is 2.63 bits per heavy atom. The maximum atomic E-state index is 11.7. The molecule has 1 N–H and O–H groups in total. The monoisotopic (exact) mass is 344 g/mol. The van der Waals surface area contributed by atoms with E-state index in [1.807, 2.05) is 25.3 Å². The van der Waals surface area contributed by atoms with Crippen LogP contribution in [-0.4, -0.2) is 36.3 Å². The van der Waals surface area contributed by atoms with Crippen molar-refractivity contribution in [3.05, 3.63) is 26.9 Å². The average molecular weight is 345 g/mol. The van der Waals surface area contributed by atoms with Gasteiger partial charge in [0.1, 0.15) is 0 Å². The molecule has 0 aromatic carbocycles. The molecule has 0 aliphatic carbocycles.